The molecule has 0 saturated carbocycles. The molecule has 0 N–H and O–H groups in total. The van der Waals surface area contributed by atoms with Crippen LogP contribution in [0.5, 0.6) is 0 Å². The van der Waals surface area contributed by atoms with Gasteiger partial charge in [-0.2, -0.15) is 6.57 Å². The third kappa shape index (κ3) is 5.36. The van der Waals surface area contributed by atoms with Crippen LogP contribution < -0.4 is 0 Å². The Morgan fingerprint density at radius 2 is 1.87 bits per heavy atom. The van der Waals surface area contributed by atoms with Crippen molar-refractivity contribution in [3.63, 3.8) is 0 Å². The third-order valence-electron chi connectivity index (χ3n) is 2.93. The molecule has 7 nitrogen and oxygen atoms in total. The highest BCUT2D eigenvalue weighted by atomic mass is 16.6. The summed E-state index contributed by atoms with van der Waals surface area (Å²) in [6.45, 7) is 11.6. The van der Waals surface area contributed by atoms with E-state index in [0.29, 0.717) is 17.0 Å². The standard InChI is InChI=1S/C16H18N4O3/c1-11(18-17-4)12(2)19-23-10-14-8-6-7-9-15(14)16(13(3)21)20-22-5/h6-9H,10H2,1-3,5H3/b18-11-,19-12-,20-16+. The fourth-order valence-corrected chi connectivity index (χ4v) is 1.68. The molecule has 0 aliphatic rings. The second-order valence-electron chi connectivity index (χ2n) is 4.57. The Morgan fingerprint density at radius 3 is 2.48 bits per heavy atom. The zero-order valence-corrected chi connectivity index (χ0v) is 13.5. The number of Topliss-reactive ketones (excluding diaryl/α,β-unsaturated/α-hetero) is 1. The van der Waals surface area contributed by atoms with E-state index in [1.807, 2.05) is 12.1 Å². The predicted octanol–water partition coefficient (Wildman–Crippen LogP) is 2.81. The second kappa shape index (κ2) is 9.10. The molecule has 0 fully saturated rings. The smallest absolute Gasteiger partial charge is 0.182 e. The summed E-state index contributed by atoms with van der Waals surface area (Å²) in [4.78, 5) is 24.7. The monoisotopic (exact) mass is 314 g/mol. The number of hydrogen-bond donors (Lipinski definition) is 0. The van der Waals surface area contributed by atoms with Crippen molar-refractivity contribution in [2.45, 2.75) is 27.4 Å². The summed E-state index contributed by atoms with van der Waals surface area (Å²) >= 11 is 0. The third-order valence-corrected chi connectivity index (χ3v) is 2.93. The lowest BCUT2D eigenvalue weighted by molar-refractivity contribution is -0.111. The van der Waals surface area contributed by atoms with Crippen LogP contribution in [0.4, 0.5) is 0 Å². The number of nitrogens with zero attached hydrogens (tertiary/aromatic N) is 4. The second-order valence-corrected chi connectivity index (χ2v) is 4.57. The van der Waals surface area contributed by atoms with Crippen LogP contribution >= 0.6 is 0 Å². The lowest BCUT2D eigenvalue weighted by Crippen LogP contribution is -2.15. The summed E-state index contributed by atoms with van der Waals surface area (Å²) in [5.74, 6) is -0.209. The molecule has 0 unspecified atom stereocenters. The van der Waals surface area contributed by atoms with Crippen LogP contribution in [0.2, 0.25) is 0 Å². The number of oxime groups is 2. The molecule has 0 bridgehead atoms. The summed E-state index contributed by atoms with van der Waals surface area (Å²) in [6.07, 6.45) is 0. The maximum atomic E-state index is 11.7. The minimum absolute atomic E-state index is 0.148. The first-order valence-electron chi connectivity index (χ1n) is 6.79. The first kappa shape index (κ1) is 18.0. The molecule has 0 aliphatic heterocycles. The SMILES string of the molecule is [C-]#[N+]/N=C(C)\C(C)=N/OCc1ccccc1/C(=N/OC)C(C)=O. The molecule has 0 heterocycles. The van der Waals surface area contributed by atoms with E-state index in [1.165, 1.54) is 14.0 Å². The van der Waals surface area contributed by atoms with Crippen LogP contribution in [0.15, 0.2) is 39.7 Å². The Morgan fingerprint density at radius 1 is 1.17 bits per heavy atom. The molecular formula is C16H18N4O3. The zero-order chi connectivity index (χ0) is 17.2. The first-order valence-corrected chi connectivity index (χ1v) is 6.79. The summed E-state index contributed by atoms with van der Waals surface area (Å²) in [5, 5.41) is 11.3. The van der Waals surface area contributed by atoms with Crippen molar-refractivity contribution in [3.8, 4) is 0 Å². The van der Waals surface area contributed by atoms with Gasteiger partial charge in [-0.3, -0.25) is 4.79 Å². The average Bonchev–Trinajstić information content (AvgIpc) is 2.53. The van der Waals surface area contributed by atoms with Crippen LogP contribution in [-0.4, -0.2) is 30.0 Å². The lowest BCUT2D eigenvalue weighted by Gasteiger charge is -2.09. The van der Waals surface area contributed by atoms with Crippen LogP contribution in [0.3, 0.4) is 0 Å². The first-order chi connectivity index (χ1) is 11.0. The summed E-state index contributed by atoms with van der Waals surface area (Å²) in [5.41, 5.74) is 2.59. The number of rotatable bonds is 7. The van der Waals surface area contributed by atoms with Gasteiger partial charge in [-0.05, 0) is 13.8 Å². The van der Waals surface area contributed by atoms with Gasteiger partial charge in [0.1, 0.15) is 25.1 Å². The van der Waals surface area contributed by atoms with Gasteiger partial charge in [-0.15, -0.1) is 4.95 Å². The summed E-state index contributed by atoms with van der Waals surface area (Å²) < 4.78 is 0. The number of carbonyl (C=O) groups is 1. The topological polar surface area (TPSA) is 77.0 Å². The van der Waals surface area contributed by atoms with E-state index in [2.05, 4.69) is 20.4 Å². The van der Waals surface area contributed by atoms with E-state index < -0.39 is 0 Å². The van der Waals surface area contributed by atoms with Crippen molar-refractivity contribution in [1.29, 1.82) is 0 Å². The van der Waals surface area contributed by atoms with Gasteiger partial charge in [0.25, 0.3) is 0 Å². The highest BCUT2D eigenvalue weighted by molar-refractivity contribution is 6.45. The molecule has 1 rings (SSSR count). The van der Waals surface area contributed by atoms with Crippen molar-refractivity contribution in [3.05, 3.63) is 46.9 Å². The molecular weight excluding hydrogens is 296 g/mol. The fourth-order valence-electron chi connectivity index (χ4n) is 1.68. The molecule has 120 valence electrons. The van der Waals surface area contributed by atoms with Crippen LogP contribution in [-0.2, 0) is 21.1 Å². The molecule has 7 heteroatoms. The van der Waals surface area contributed by atoms with E-state index in [4.69, 9.17) is 16.2 Å². The molecule has 0 radical (unpaired) electrons. The Hall–Kier alpha value is -3.01. The van der Waals surface area contributed by atoms with Crippen LogP contribution in [0.1, 0.15) is 31.9 Å². The molecule has 1 aromatic rings. The largest absolute Gasteiger partial charge is 0.399 e. The van der Waals surface area contributed by atoms with Crippen molar-refractivity contribution < 1.29 is 14.5 Å². The van der Waals surface area contributed by atoms with Crippen molar-refractivity contribution in [2.24, 2.45) is 15.4 Å². The quantitative estimate of drug-likeness (QED) is 0.441. The predicted molar refractivity (Wildman–Crippen MR) is 88.3 cm³/mol. The van der Waals surface area contributed by atoms with Gasteiger partial charge in [0, 0.05) is 18.1 Å². The number of hydrogen-bond acceptors (Lipinski definition) is 6. The Bertz CT molecular complexity index is 700. The maximum Gasteiger partial charge on any atom is 0.182 e. The maximum absolute atomic E-state index is 11.7. The molecule has 0 aliphatic carbocycles. The van der Waals surface area contributed by atoms with Gasteiger partial charge in [0.2, 0.25) is 0 Å². The van der Waals surface area contributed by atoms with E-state index in [0.717, 1.165) is 5.56 Å². The van der Waals surface area contributed by atoms with E-state index in [1.54, 1.807) is 26.0 Å². The molecule has 0 atom stereocenters. The summed E-state index contributed by atoms with van der Waals surface area (Å²) in [7, 11) is 1.38. The van der Waals surface area contributed by atoms with Gasteiger partial charge < -0.3 is 9.68 Å². The van der Waals surface area contributed by atoms with Crippen molar-refractivity contribution in [1.82, 2.24) is 0 Å². The minimum Gasteiger partial charge on any atom is -0.399 e. The Kier molecular flexibility index (Phi) is 7.14. The van der Waals surface area contributed by atoms with E-state index in [-0.39, 0.29) is 18.1 Å². The highest BCUT2D eigenvalue weighted by Gasteiger charge is 2.14. The van der Waals surface area contributed by atoms with E-state index in [9.17, 15) is 4.79 Å². The molecule has 0 aromatic heterocycles. The fraction of sp³-hybridized carbons (Fsp3) is 0.312. The van der Waals surface area contributed by atoms with E-state index >= 15 is 0 Å². The highest BCUT2D eigenvalue weighted by Crippen LogP contribution is 2.13. The van der Waals surface area contributed by atoms with Crippen molar-refractivity contribution >= 4 is 22.9 Å². The minimum atomic E-state index is -0.209. The Labute approximate surface area is 135 Å². The normalized spacial score (nSPS) is 12.6. The van der Waals surface area contributed by atoms with Gasteiger partial charge >= 0.3 is 0 Å². The van der Waals surface area contributed by atoms with Crippen molar-refractivity contribution in [2.75, 3.05) is 7.11 Å². The Balaban J connectivity index is 2.98. The summed E-state index contributed by atoms with van der Waals surface area (Å²) in [6, 6.07) is 7.21. The number of carbonyl (C=O) groups excluding carboxylic acids is 1. The molecule has 23 heavy (non-hydrogen) atoms. The lowest BCUT2D eigenvalue weighted by atomic mass is 10.0. The van der Waals surface area contributed by atoms with Gasteiger partial charge in [0.05, 0.1) is 5.10 Å². The zero-order valence-electron chi connectivity index (χ0n) is 13.5. The van der Waals surface area contributed by atoms with Gasteiger partial charge in [-0.25, -0.2) is 0 Å². The molecule has 0 saturated heterocycles. The molecule has 1 aromatic carbocycles. The van der Waals surface area contributed by atoms with Gasteiger partial charge in [-0.1, -0.05) is 34.6 Å². The van der Waals surface area contributed by atoms with Gasteiger partial charge in [0.15, 0.2) is 11.5 Å². The number of ketones is 1. The number of benzene rings is 1. The average molecular weight is 314 g/mol. The van der Waals surface area contributed by atoms with Crippen LogP contribution in [0.25, 0.3) is 4.95 Å². The molecule has 0 amide bonds. The molecule has 0 spiro atoms. The van der Waals surface area contributed by atoms with Crippen LogP contribution in [0, 0.1) is 6.57 Å².